The van der Waals surface area contributed by atoms with E-state index in [2.05, 4.69) is 25.4 Å². The highest BCUT2D eigenvalue weighted by Crippen LogP contribution is 2.40. The molecule has 0 aliphatic carbocycles. The molecule has 15 heteroatoms. The quantitative estimate of drug-likeness (QED) is 0.144. The van der Waals surface area contributed by atoms with Crippen molar-refractivity contribution >= 4 is 62.8 Å². The Kier molecular flexibility index (Phi) is 5.86. The van der Waals surface area contributed by atoms with Gasteiger partial charge in [-0.05, 0) is 0 Å². The van der Waals surface area contributed by atoms with Crippen molar-refractivity contribution in [3.05, 3.63) is 47.1 Å². The van der Waals surface area contributed by atoms with Gasteiger partial charge in [0.2, 0.25) is 0 Å². The molecule has 0 spiro atoms. The molecule has 0 aromatic carbocycles. The van der Waals surface area contributed by atoms with Crippen molar-refractivity contribution in [2.45, 2.75) is 18.0 Å². The second-order valence-corrected chi connectivity index (χ2v) is 9.61. The number of aromatic nitrogens is 4. The number of nitrogens with two attached hydrogens (primary N) is 1. The Hall–Kier alpha value is -3.98. The Labute approximate surface area is 205 Å². The van der Waals surface area contributed by atoms with Crippen molar-refractivity contribution in [3.8, 4) is 0 Å². The molecule has 4 N–H and O–H groups in total. The molecule has 5 heterocycles. The predicted molar refractivity (Wildman–Crippen MR) is 123 cm³/mol. The molecule has 5 rings (SSSR count). The Balaban J connectivity index is 1.36. The van der Waals surface area contributed by atoms with E-state index in [0.29, 0.717) is 11.3 Å². The van der Waals surface area contributed by atoms with Crippen LogP contribution >= 0.6 is 23.1 Å². The van der Waals surface area contributed by atoms with Gasteiger partial charge in [0.25, 0.3) is 11.8 Å². The van der Waals surface area contributed by atoms with Crippen molar-refractivity contribution < 1.29 is 28.9 Å². The number of nitrogens with one attached hydrogen (secondary N) is 2. The number of aromatic amines is 1. The van der Waals surface area contributed by atoms with E-state index in [1.807, 2.05) is 6.07 Å². The van der Waals surface area contributed by atoms with E-state index in [-0.39, 0.29) is 28.8 Å². The van der Waals surface area contributed by atoms with Crippen LogP contribution in [0.1, 0.15) is 5.69 Å². The van der Waals surface area contributed by atoms with Crippen LogP contribution in [0.2, 0.25) is 0 Å². The topological polar surface area (TPSA) is 183 Å². The number of hydrogen-bond donors (Lipinski definition) is 3. The summed E-state index contributed by atoms with van der Waals surface area (Å²) in [5, 5.41) is 19.5. The van der Waals surface area contributed by atoms with Crippen molar-refractivity contribution in [1.82, 2.24) is 25.2 Å². The summed E-state index contributed by atoms with van der Waals surface area (Å²) in [6.45, 7) is 0.239. The molecule has 13 nitrogen and oxygen atoms in total. The largest absolute Gasteiger partial charge is 0.543 e. The lowest BCUT2D eigenvalue weighted by Gasteiger charge is -2.50. The molecular weight excluding hydrogens is 496 g/mol. The zero-order valence-electron chi connectivity index (χ0n) is 18.1. The van der Waals surface area contributed by atoms with Crippen LogP contribution in [0.25, 0.3) is 11.0 Å². The number of pyridine rings is 1. The second kappa shape index (κ2) is 8.99. The SMILES string of the molecule is CON=C(C(=O)NC1C(=O)N2C(C(=O)[O-])=C(C[n+]3ccc4[nH]cnc4c3)CS[C@@H]12)c1csc(N)n1. The molecule has 3 aromatic heterocycles. The van der Waals surface area contributed by atoms with Crippen LogP contribution in [0.5, 0.6) is 0 Å². The van der Waals surface area contributed by atoms with Gasteiger partial charge in [-0.2, -0.15) is 4.57 Å². The molecule has 0 bridgehead atoms. The zero-order valence-corrected chi connectivity index (χ0v) is 19.8. The first-order valence-electron chi connectivity index (χ1n) is 10.2. The van der Waals surface area contributed by atoms with Gasteiger partial charge in [-0.1, -0.05) is 5.16 Å². The number of β-lactam (4-membered cyclic amide) rings is 1. The van der Waals surface area contributed by atoms with Crippen LogP contribution in [0.4, 0.5) is 5.13 Å². The number of nitrogen functional groups attached to an aromatic ring is 1. The summed E-state index contributed by atoms with van der Waals surface area (Å²) in [6, 6.07) is 0.880. The molecule has 2 atom stereocenters. The first-order chi connectivity index (χ1) is 16.9. The lowest BCUT2D eigenvalue weighted by Crippen LogP contribution is -2.71. The number of carbonyl (C=O) groups is 3. The first-order valence-corrected chi connectivity index (χ1v) is 12.1. The highest BCUT2D eigenvalue weighted by Gasteiger charge is 2.53. The minimum Gasteiger partial charge on any atom is -0.543 e. The molecular formula is C20H18N8O5S2. The molecule has 180 valence electrons. The summed E-state index contributed by atoms with van der Waals surface area (Å²) in [5.41, 5.74) is 7.60. The van der Waals surface area contributed by atoms with E-state index in [1.54, 1.807) is 23.3 Å². The highest BCUT2D eigenvalue weighted by atomic mass is 32.2. The minimum atomic E-state index is -1.45. The van der Waals surface area contributed by atoms with Crippen molar-refractivity contribution in [3.63, 3.8) is 0 Å². The number of nitrogens with zero attached hydrogens (tertiary/aromatic N) is 5. The maximum absolute atomic E-state index is 13.0. The molecule has 2 aliphatic rings. The van der Waals surface area contributed by atoms with E-state index >= 15 is 0 Å². The number of aliphatic carboxylic acids is 1. The Morgan fingerprint density at radius 2 is 2.31 bits per heavy atom. The Bertz CT molecular complexity index is 1410. The third kappa shape index (κ3) is 4.08. The predicted octanol–water partition coefficient (Wildman–Crippen LogP) is -1.66. The van der Waals surface area contributed by atoms with Gasteiger partial charge in [0, 0.05) is 22.8 Å². The molecule has 0 radical (unpaired) electrons. The third-order valence-electron chi connectivity index (χ3n) is 5.48. The summed E-state index contributed by atoms with van der Waals surface area (Å²) < 4.78 is 1.79. The molecule has 1 unspecified atom stereocenters. The minimum absolute atomic E-state index is 0.144. The van der Waals surface area contributed by atoms with E-state index in [1.165, 1.54) is 24.3 Å². The number of imidazole rings is 1. The standard InChI is InChI=1S/C20H18N8O5S2/c1-33-26-13(12-7-35-20(21)24-12)16(29)25-14-17(30)28-15(19(31)32)9(6-34-18(14)28)4-27-3-2-10-11(5-27)23-8-22-10/h2-3,5,7-8,14,18H,4,6H2,1H3,(H4,21,24,25,29,31,32)/t14?,18-/m0/s1. The average Bonchev–Trinajstić information content (AvgIpc) is 3.48. The summed E-state index contributed by atoms with van der Waals surface area (Å²) in [4.78, 5) is 55.0. The van der Waals surface area contributed by atoms with E-state index in [0.717, 1.165) is 27.3 Å². The number of thiazole rings is 1. The maximum atomic E-state index is 13.0. The van der Waals surface area contributed by atoms with Crippen LogP contribution in [-0.2, 0) is 25.8 Å². The normalized spacial score (nSPS) is 20.0. The van der Waals surface area contributed by atoms with Crippen LogP contribution in [0, 0.1) is 0 Å². The molecule has 1 fully saturated rings. The summed E-state index contributed by atoms with van der Waals surface area (Å²) in [5.74, 6) is -2.38. The lowest BCUT2D eigenvalue weighted by atomic mass is 10.0. The molecule has 0 saturated carbocycles. The van der Waals surface area contributed by atoms with Gasteiger partial charge >= 0.3 is 0 Å². The third-order valence-corrected chi connectivity index (χ3v) is 7.50. The summed E-state index contributed by atoms with van der Waals surface area (Å²) >= 11 is 2.47. The number of thioether (sulfide) groups is 1. The van der Waals surface area contributed by atoms with Crippen LogP contribution in [0.3, 0.4) is 0 Å². The van der Waals surface area contributed by atoms with Gasteiger partial charge in [0.15, 0.2) is 35.3 Å². The van der Waals surface area contributed by atoms with Gasteiger partial charge < -0.3 is 30.8 Å². The van der Waals surface area contributed by atoms with Crippen LogP contribution < -0.4 is 20.7 Å². The van der Waals surface area contributed by atoms with Gasteiger partial charge in [-0.25, -0.2) is 9.97 Å². The van der Waals surface area contributed by atoms with E-state index < -0.39 is 29.2 Å². The Morgan fingerprint density at radius 3 is 3.03 bits per heavy atom. The molecule has 1 saturated heterocycles. The molecule has 2 amide bonds. The second-order valence-electron chi connectivity index (χ2n) is 7.61. The molecule has 2 aliphatic heterocycles. The number of oxime groups is 1. The summed E-state index contributed by atoms with van der Waals surface area (Å²) in [6.07, 6.45) is 5.15. The number of amides is 2. The van der Waals surface area contributed by atoms with E-state index in [4.69, 9.17) is 10.6 Å². The average molecular weight is 515 g/mol. The van der Waals surface area contributed by atoms with Crippen molar-refractivity contribution in [2.75, 3.05) is 18.6 Å². The lowest BCUT2D eigenvalue weighted by molar-refractivity contribution is -0.687. The fraction of sp³-hybridized carbons (Fsp3) is 0.250. The summed E-state index contributed by atoms with van der Waals surface area (Å²) in [7, 11) is 1.27. The number of hydrogen-bond acceptors (Lipinski definition) is 11. The zero-order chi connectivity index (χ0) is 24.7. The Morgan fingerprint density at radius 1 is 1.49 bits per heavy atom. The molecule has 3 aromatic rings. The van der Waals surface area contributed by atoms with Crippen molar-refractivity contribution in [1.29, 1.82) is 0 Å². The van der Waals surface area contributed by atoms with Gasteiger partial charge in [0.1, 0.15) is 24.2 Å². The van der Waals surface area contributed by atoms with E-state index in [9.17, 15) is 19.5 Å². The number of carboxylic acids is 1. The fourth-order valence-corrected chi connectivity index (χ4v) is 5.82. The maximum Gasteiger partial charge on any atom is 0.276 e. The monoisotopic (exact) mass is 514 g/mol. The van der Waals surface area contributed by atoms with Crippen molar-refractivity contribution in [2.24, 2.45) is 5.16 Å². The van der Waals surface area contributed by atoms with Gasteiger partial charge in [-0.15, -0.1) is 23.1 Å². The van der Waals surface area contributed by atoms with Crippen LogP contribution in [0.15, 0.2) is 46.6 Å². The number of rotatable bonds is 7. The number of carboxylic acid groups (broad SMARTS) is 1. The molecule has 35 heavy (non-hydrogen) atoms. The fourth-order valence-electron chi connectivity index (χ4n) is 3.94. The number of carbonyl (C=O) groups excluding carboxylic acids is 3. The number of H-pyrrole nitrogens is 1. The van der Waals surface area contributed by atoms with Gasteiger partial charge in [-0.3, -0.25) is 14.5 Å². The smallest absolute Gasteiger partial charge is 0.276 e. The number of fused-ring (bicyclic) bond motifs is 2. The van der Waals surface area contributed by atoms with Gasteiger partial charge in [0.05, 0.1) is 23.5 Å². The highest BCUT2D eigenvalue weighted by molar-refractivity contribution is 8.00. The van der Waals surface area contributed by atoms with Crippen LogP contribution in [-0.4, -0.2) is 67.6 Å². The first kappa shape index (κ1) is 22.8. The number of anilines is 1.